The fourth-order valence-corrected chi connectivity index (χ4v) is 2.36. The summed E-state index contributed by atoms with van der Waals surface area (Å²) in [5.41, 5.74) is 0.721. The standard InChI is InChI=1S/C14H8ClF3INO2/c15-8-1-6-12(19)11(7-8)13(21)20-9-2-4-10(5-3-9)22-14(16,17)18/h1-7H,(H,20,21). The van der Waals surface area contributed by atoms with Gasteiger partial charge in [0.25, 0.3) is 5.91 Å². The number of amides is 1. The van der Waals surface area contributed by atoms with Gasteiger partial charge in [0, 0.05) is 14.3 Å². The van der Waals surface area contributed by atoms with Gasteiger partial charge in [0.2, 0.25) is 0 Å². The zero-order valence-electron chi connectivity index (χ0n) is 10.7. The van der Waals surface area contributed by atoms with Crippen LogP contribution in [0.5, 0.6) is 5.75 Å². The number of halogens is 5. The van der Waals surface area contributed by atoms with E-state index in [1.54, 1.807) is 12.1 Å². The molecule has 0 radical (unpaired) electrons. The molecule has 0 aliphatic heterocycles. The summed E-state index contributed by atoms with van der Waals surface area (Å²) in [6.07, 6.45) is -4.75. The van der Waals surface area contributed by atoms with Crippen LogP contribution in [0.4, 0.5) is 18.9 Å². The molecule has 116 valence electrons. The molecule has 0 bridgehead atoms. The first-order valence-electron chi connectivity index (χ1n) is 5.87. The maximum atomic E-state index is 12.1. The predicted octanol–water partition coefficient (Wildman–Crippen LogP) is 5.10. The van der Waals surface area contributed by atoms with Crippen LogP contribution in [0.15, 0.2) is 42.5 Å². The Kier molecular flexibility index (Phi) is 5.17. The molecule has 2 rings (SSSR count). The summed E-state index contributed by atoms with van der Waals surface area (Å²) in [7, 11) is 0. The number of ether oxygens (including phenoxy) is 1. The minimum Gasteiger partial charge on any atom is -0.406 e. The van der Waals surface area contributed by atoms with E-state index in [1.165, 1.54) is 18.2 Å². The molecular formula is C14H8ClF3INO2. The average molecular weight is 442 g/mol. The lowest BCUT2D eigenvalue weighted by Gasteiger charge is -2.10. The van der Waals surface area contributed by atoms with Gasteiger partial charge in [-0.3, -0.25) is 4.79 Å². The Morgan fingerprint density at radius 1 is 1.14 bits per heavy atom. The highest BCUT2D eigenvalue weighted by atomic mass is 127. The number of hydrogen-bond acceptors (Lipinski definition) is 2. The highest BCUT2D eigenvalue weighted by Crippen LogP contribution is 2.24. The summed E-state index contributed by atoms with van der Waals surface area (Å²) in [5.74, 6) is -0.765. The third kappa shape index (κ3) is 4.77. The van der Waals surface area contributed by atoms with Gasteiger partial charge in [0.15, 0.2) is 0 Å². The maximum absolute atomic E-state index is 12.1. The Hall–Kier alpha value is -1.48. The lowest BCUT2D eigenvalue weighted by molar-refractivity contribution is -0.274. The molecule has 2 aromatic rings. The summed E-state index contributed by atoms with van der Waals surface area (Å²) >= 11 is 7.83. The van der Waals surface area contributed by atoms with Crippen LogP contribution in [0.25, 0.3) is 0 Å². The molecule has 0 unspecified atom stereocenters. The average Bonchev–Trinajstić information content (AvgIpc) is 2.42. The van der Waals surface area contributed by atoms with Crippen LogP contribution in [-0.4, -0.2) is 12.3 Å². The van der Waals surface area contributed by atoms with Gasteiger partial charge in [-0.05, 0) is 65.1 Å². The first-order chi connectivity index (χ1) is 10.2. The molecular weight excluding hydrogens is 434 g/mol. The molecule has 0 saturated heterocycles. The molecule has 8 heteroatoms. The zero-order chi connectivity index (χ0) is 16.3. The van der Waals surface area contributed by atoms with Crippen molar-refractivity contribution < 1.29 is 22.7 Å². The fraction of sp³-hybridized carbons (Fsp3) is 0.0714. The van der Waals surface area contributed by atoms with Crippen molar-refractivity contribution in [2.75, 3.05) is 5.32 Å². The third-order valence-electron chi connectivity index (χ3n) is 2.52. The first-order valence-corrected chi connectivity index (χ1v) is 7.32. The van der Waals surface area contributed by atoms with E-state index in [4.69, 9.17) is 11.6 Å². The summed E-state index contributed by atoms with van der Waals surface area (Å²) in [6.45, 7) is 0. The number of carbonyl (C=O) groups is 1. The highest BCUT2D eigenvalue weighted by molar-refractivity contribution is 14.1. The van der Waals surface area contributed by atoms with E-state index < -0.39 is 12.3 Å². The second kappa shape index (κ2) is 6.74. The molecule has 2 aromatic carbocycles. The van der Waals surface area contributed by atoms with Gasteiger partial charge in [0.1, 0.15) is 5.75 Å². The number of nitrogens with one attached hydrogen (secondary N) is 1. The quantitative estimate of drug-likeness (QED) is 0.674. The maximum Gasteiger partial charge on any atom is 0.573 e. The molecule has 0 fully saturated rings. The minimum atomic E-state index is -4.75. The van der Waals surface area contributed by atoms with Crippen LogP contribution in [0.2, 0.25) is 5.02 Å². The number of alkyl halides is 3. The molecule has 0 heterocycles. The highest BCUT2D eigenvalue weighted by Gasteiger charge is 2.30. The molecule has 0 spiro atoms. The molecule has 0 saturated carbocycles. The molecule has 3 nitrogen and oxygen atoms in total. The normalized spacial score (nSPS) is 11.1. The third-order valence-corrected chi connectivity index (χ3v) is 3.69. The summed E-state index contributed by atoms with van der Waals surface area (Å²) in [5, 5.41) is 2.99. The SMILES string of the molecule is O=C(Nc1ccc(OC(F)(F)F)cc1)c1cc(Cl)ccc1I. The number of rotatable bonds is 3. The molecule has 0 aliphatic rings. The van der Waals surface area contributed by atoms with Crippen LogP contribution in [0, 0.1) is 3.57 Å². The number of benzene rings is 2. The smallest absolute Gasteiger partial charge is 0.406 e. The van der Waals surface area contributed by atoms with Crippen molar-refractivity contribution in [1.82, 2.24) is 0 Å². The van der Waals surface area contributed by atoms with Crippen molar-refractivity contribution in [3.05, 3.63) is 56.6 Å². The van der Waals surface area contributed by atoms with E-state index in [9.17, 15) is 18.0 Å². The van der Waals surface area contributed by atoms with Crippen molar-refractivity contribution in [2.24, 2.45) is 0 Å². The van der Waals surface area contributed by atoms with E-state index in [1.807, 2.05) is 22.6 Å². The Balaban J connectivity index is 2.10. The minimum absolute atomic E-state index is 0.343. The van der Waals surface area contributed by atoms with Crippen LogP contribution in [0.1, 0.15) is 10.4 Å². The van der Waals surface area contributed by atoms with E-state index in [-0.39, 0.29) is 5.75 Å². The van der Waals surface area contributed by atoms with Gasteiger partial charge in [-0.2, -0.15) is 0 Å². The second-order valence-electron chi connectivity index (χ2n) is 4.15. The fourth-order valence-electron chi connectivity index (χ4n) is 1.61. The van der Waals surface area contributed by atoms with Crippen molar-refractivity contribution >= 4 is 45.8 Å². The molecule has 0 aromatic heterocycles. The Labute approximate surface area is 142 Å². The van der Waals surface area contributed by atoms with Crippen molar-refractivity contribution in [2.45, 2.75) is 6.36 Å². The van der Waals surface area contributed by atoms with Gasteiger partial charge in [-0.25, -0.2) is 0 Å². The van der Waals surface area contributed by atoms with E-state index >= 15 is 0 Å². The summed E-state index contributed by atoms with van der Waals surface area (Å²) in [4.78, 5) is 12.1. The first kappa shape index (κ1) is 16.9. The second-order valence-corrected chi connectivity index (χ2v) is 5.75. The van der Waals surface area contributed by atoms with Gasteiger partial charge >= 0.3 is 6.36 Å². The van der Waals surface area contributed by atoms with Crippen LogP contribution >= 0.6 is 34.2 Å². The van der Waals surface area contributed by atoms with Crippen LogP contribution < -0.4 is 10.1 Å². The Morgan fingerprint density at radius 3 is 2.36 bits per heavy atom. The monoisotopic (exact) mass is 441 g/mol. The van der Waals surface area contributed by atoms with Crippen molar-refractivity contribution in [1.29, 1.82) is 0 Å². The van der Waals surface area contributed by atoms with Gasteiger partial charge < -0.3 is 10.1 Å². The van der Waals surface area contributed by atoms with Gasteiger partial charge in [-0.1, -0.05) is 11.6 Å². The zero-order valence-corrected chi connectivity index (χ0v) is 13.7. The molecule has 0 aliphatic carbocycles. The lowest BCUT2D eigenvalue weighted by Crippen LogP contribution is -2.17. The predicted molar refractivity (Wildman–Crippen MR) is 85.2 cm³/mol. The molecule has 22 heavy (non-hydrogen) atoms. The van der Waals surface area contributed by atoms with Crippen LogP contribution in [-0.2, 0) is 0 Å². The van der Waals surface area contributed by atoms with Gasteiger partial charge in [0.05, 0.1) is 5.56 Å². The molecule has 1 amide bonds. The van der Waals surface area contributed by atoms with E-state index in [2.05, 4.69) is 10.1 Å². The van der Waals surface area contributed by atoms with E-state index in [0.717, 1.165) is 12.1 Å². The van der Waals surface area contributed by atoms with Gasteiger partial charge in [-0.15, -0.1) is 13.2 Å². The number of anilines is 1. The summed E-state index contributed by atoms with van der Waals surface area (Å²) < 4.78 is 40.6. The Morgan fingerprint density at radius 2 is 1.77 bits per heavy atom. The lowest BCUT2D eigenvalue weighted by atomic mass is 10.2. The Bertz CT molecular complexity index is 689. The largest absolute Gasteiger partial charge is 0.573 e. The summed E-state index contributed by atoms with van der Waals surface area (Å²) in [6, 6.07) is 9.73. The molecule has 1 N–H and O–H groups in total. The van der Waals surface area contributed by atoms with Crippen LogP contribution in [0.3, 0.4) is 0 Å². The van der Waals surface area contributed by atoms with Crippen molar-refractivity contribution in [3.63, 3.8) is 0 Å². The topological polar surface area (TPSA) is 38.3 Å². The van der Waals surface area contributed by atoms with Crippen molar-refractivity contribution in [3.8, 4) is 5.75 Å². The number of hydrogen-bond donors (Lipinski definition) is 1. The molecule has 0 atom stereocenters. The number of carbonyl (C=O) groups excluding carboxylic acids is 1. The van der Waals surface area contributed by atoms with E-state index in [0.29, 0.717) is 19.8 Å².